The molecule has 5 heteroatoms. The topological polar surface area (TPSA) is 55.4 Å². The van der Waals surface area contributed by atoms with Gasteiger partial charge in [0.2, 0.25) is 5.91 Å². The van der Waals surface area contributed by atoms with Crippen LogP contribution in [0.15, 0.2) is 42.5 Å². The smallest absolute Gasteiger partial charge is 0.311 e. The van der Waals surface area contributed by atoms with Crippen molar-refractivity contribution in [3.63, 3.8) is 0 Å². The number of nitrogens with one attached hydrogen (secondary N) is 1. The van der Waals surface area contributed by atoms with E-state index in [1.54, 1.807) is 12.1 Å². The molecule has 0 aromatic heterocycles. The Bertz CT molecular complexity index is 788. The number of benzene rings is 2. The third kappa shape index (κ3) is 3.77. The Morgan fingerprint density at radius 1 is 1.29 bits per heavy atom. The summed E-state index contributed by atoms with van der Waals surface area (Å²) in [4.78, 5) is 24.2. The van der Waals surface area contributed by atoms with Crippen LogP contribution in [-0.4, -0.2) is 11.9 Å². The molecule has 1 aliphatic rings. The van der Waals surface area contributed by atoms with E-state index in [9.17, 15) is 9.59 Å². The standard InChI is InChI=1S/C19H18ClNO3/c1-12-6-8-15(20)17(10-12)24-18(22)9-7-14-11-13-4-2-3-5-16(13)21-19(14)23/h2-6,8,10,14H,7,9,11H2,1H3,(H,21,23)/t14-/m1/s1. The highest BCUT2D eigenvalue weighted by molar-refractivity contribution is 6.32. The molecule has 0 radical (unpaired) electrons. The number of aryl methyl sites for hydroxylation is 1. The zero-order valence-corrected chi connectivity index (χ0v) is 14.1. The fourth-order valence-electron chi connectivity index (χ4n) is 2.80. The van der Waals surface area contributed by atoms with Gasteiger partial charge in [-0.15, -0.1) is 0 Å². The lowest BCUT2D eigenvalue weighted by molar-refractivity contribution is -0.134. The van der Waals surface area contributed by atoms with Crippen LogP contribution in [0, 0.1) is 12.8 Å². The molecule has 2 aromatic carbocycles. The van der Waals surface area contributed by atoms with E-state index < -0.39 is 0 Å². The average molecular weight is 344 g/mol. The number of hydrogen-bond acceptors (Lipinski definition) is 3. The van der Waals surface area contributed by atoms with Gasteiger partial charge in [0.1, 0.15) is 5.75 Å². The lowest BCUT2D eigenvalue weighted by Crippen LogP contribution is -2.30. The van der Waals surface area contributed by atoms with Gasteiger partial charge < -0.3 is 10.1 Å². The van der Waals surface area contributed by atoms with Crippen molar-refractivity contribution in [2.24, 2.45) is 5.92 Å². The van der Waals surface area contributed by atoms with Gasteiger partial charge in [0.05, 0.1) is 5.02 Å². The number of rotatable bonds is 4. The molecule has 124 valence electrons. The fourth-order valence-corrected chi connectivity index (χ4v) is 2.96. The number of carbonyl (C=O) groups excluding carboxylic acids is 2. The lowest BCUT2D eigenvalue weighted by atomic mass is 9.90. The van der Waals surface area contributed by atoms with Crippen molar-refractivity contribution in [2.45, 2.75) is 26.2 Å². The molecular formula is C19H18ClNO3. The molecule has 0 aliphatic carbocycles. The molecule has 0 saturated heterocycles. The highest BCUT2D eigenvalue weighted by Gasteiger charge is 2.26. The quantitative estimate of drug-likeness (QED) is 0.670. The largest absolute Gasteiger partial charge is 0.425 e. The molecule has 1 heterocycles. The van der Waals surface area contributed by atoms with E-state index in [0.717, 1.165) is 16.8 Å². The van der Waals surface area contributed by atoms with Gasteiger partial charge in [-0.05, 0) is 49.1 Å². The summed E-state index contributed by atoms with van der Waals surface area (Å²) in [6.45, 7) is 1.90. The molecule has 0 fully saturated rings. The zero-order valence-electron chi connectivity index (χ0n) is 13.3. The van der Waals surface area contributed by atoms with Crippen molar-refractivity contribution in [1.82, 2.24) is 0 Å². The number of ether oxygens (including phenoxy) is 1. The summed E-state index contributed by atoms with van der Waals surface area (Å²) in [6.07, 6.45) is 1.26. The molecule has 1 atom stereocenters. The molecule has 0 bridgehead atoms. The number of para-hydroxylation sites is 1. The normalized spacial score (nSPS) is 16.2. The molecule has 0 spiro atoms. The second-order valence-electron chi connectivity index (χ2n) is 5.99. The molecular weight excluding hydrogens is 326 g/mol. The Kier molecular flexibility index (Phi) is 4.86. The van der Waals surface area contributed by atoms with Crippen LogP contribution < -0.4 is 10.1 Å². The van der Waals surface area contributed by atoms with Crippen molar-refractivity contribution in [2.75, 3.05) is 5.32 Å². The molecule has 2 aromatic rings. The molecule has 24 heavy (non-hydrogen) atoms. The van der Waals surface area contributed by atoms with E-state index in [-0.39, 0.29) is 24.2 Å². The summed E-state index contributed by atoms with van der Waals surface area (Å²) in [5.74, 6) is -0.287. The SMILES string of the molecule is Cc1ccc(Cl)c(OC(=O)CC[C@@H]2Cc3ccccc3NC2=O)c1. The highest BCUT2D eigenvalue weighted by Crippen LogP contribution is 2.29. The minimum atomic E-state index is -0.380. The predicted molar refractivity (Wildman–Crippen MR) is 93.3 cm³/mol. The summed E-state index contributed by atoms with van der Waals surface area (Å²) in [6, 6.07) is 13.0. The summed E-state index contributed by atoms with van der Waals surface area (Å²) in [5.41, 5.74) is 2.91. The van der Waals surface area contributed by atoms with E-state index >= 15 is 0 Å². The maximum absolute atomic E-state index is 12.1. The summed E-state index contributed by atoms with van der Waals surface area (Å²) < 4.78 is 5.32. The first kappa shape index (κ1) is 16.5. The van der Waals surface area contributed by atoms with E-state index in [2.05, 4.69) is 5.32 Å². The molecule has 0 saturated carbocycles. The van der Waals surface area contributed by atoms with Gasteiger partial charge in [-0.25, -0.2) is 0 Å². The van der Waals surface area contributed by atoms with Crippen molar-refractivity contribution in [3.05, 3.63) is 58.6 Å². The number of anilines is 1. The number of halogens is 1. The van der Waals surface area contributed by atoms with E-state index in [1.807, 2.05) is 37.3 Å². The zero-order chi connectivity index (χ0) is 17.1. The Morgan fingerprint density at radius 3 is 2.92 bits per heavy atom. The van der Waals surface area contributed by atoms with Crippen LogP contribution in [0.2, 0.25) is 5.02 Å². The van der Waals surface area contributed by atoms with Gasteiger partial charge in [-0.2, -0.15) is 0 Å². The molecule has 1 amide bonds. The van der Waals surface area contributed by atoms with Crippen LogP contribution >= 0.6 is 11.6 Å². The van der Waals surface area contributed by atoms with Crippen molar-refractivity contribution in [1.29, 1.82) is 0 Å². The highest BCUT2D eigenvalue weighted by atomic mass is 35.5. The molecule has 0 unspecified atom stereocenters. The molecule has 4 nitrogen and oxygen atoms in total. The minimum absolute atomic E-state index is 0.0462. The monoisotopic (exact) mass is 343 g/mol. The van der Waals surface area contributed by atoms with Crippen LogP contribution in [0.25, 0.3) is 0 Å². The van der Waals surface area contributed by atoms with Crippen LogP contribution in [0.3, 0.4) is 0 Å². The van der Waals surface area contributed by atoms with Gasteiger partial charge in [0, 0.05) is 18.0 Å². The number of esters is 1. The lowest BCUT2D eigenvalue weighted by Gasteiger charge is -2.24. The van der Waals surface area contributed by atoms with Crippen LogP contribution in [0.4, 0.5) is 5.69 Å². The maximum Gasteiger partial charge on any atom is 0.311 e. The Morgan fingerprint density at radius 2 is 2.08 bits per heavy atom. The number of amides is 1. The number of carbonyl (C=O) groups is 2. The van der Waals surface area contributed by atoms with Gasteiger partial charge in [0.25, 0.3) is 0 Å². The van der Waals surface area contributed by atoms with Crippen LogP contribution in [0.1, 0.15) is 24.0 Å². The molecule has 1 aliphatic heterocycles. The van der Waals surface area contributed by atoms with E-state index in [4.69, 9.17) is 16.3 Å². The Labute approximate surface area is 145 Å². The Hall–Kier alpha value is -2.33. The van der Waals surface area contributed by atoms with Crippen LogP contribution in [-0.2, 0) is 16.0 Å². The number of fused-ring (bicyclic) bond motifs is 1. The summed E-state index contributed by atoms with van der Waals surface area (Å²) in [7, 11) is 0. The third-order valence-corrected chi connectivity index (χ3v) is 4.43. The average Bonchev–Trinajstić information content (AvgIpc) is 2.56. The summed E-state index contributed by atoms with van der Waals surface area (Å²) >= 11 is 6.03. The second kappa shape index (κ2) is 7.05. The maximum atomic E-state index is 12.1. The van der Waals surface area contributed by atoms with E-state index in [1.165, 1.54) is 0 Å². The second-order valence-corrected chi connectivity index (χ2v) is 6.40. The van der Waals surface area contributed by atoms with Crippen LogP contribution in [0.5, 0.6) is 5.75 Å². The van der Waals surface area contributed by atoms with Crippen molar-refractivity contribution >= 4 is 29.2 Å². The van der Waals surface area contributed by atoms with Crippen molar-refractivity contribution < 1.29 is 14.3 Å². The third-order valence-electron chi connectivity index (χ3n) is 4.12. The van der Waals surface area contributed by atoms with E-state index in [0.29, 0.717) is 23.6 Å². The number of hydrogen-bond donors (Lipinski definition) is 1. The van der Waals surface area contributed by atoms with Gasteiger partial charge >= 0.3 is 5.97 Å². The van der Waals surface area contributed by atoms with Gasteiger partial charge in [-0.1, -0.05) is 35.9 Å². The Balaban J connectivity index is 1.59. The van der Waals surface area contributed by atoms with Gasteiger partial charge in [0.15, 0.2) is 0 Å². The fraction of sp³-hybridized carbons (Fsp3) is 0.263. The molecule has 3 rings (SSSR count). The first-order chi connectivity index (χ1) is 11.5. The first-order valence-corrected chi connectivity index (χ1v) is 8.26. The summed E-state index contributed by atoms with van der Waals surface area (Å²) in [5, 5.41) is 3.29. The van der Waals surface area contributed by atoms with Gasteiger partial charge in [-0.3, -0.25) is 9.59 Å². The first-order valence-electron chi connectivity index (χ1n) is 7.88. The molecule has 1 N–H and O–H groups in total. The van der Waals surface area contributed by atoms with Crippen molar-refractivity contribution in [3.8, 4) is 5.75 Å². The predicted octanol–water partition coefficient (Wildman–Crippen LogP) is 4.15. The minimum Gasteiger partial charge on any atom is -0.425 e.